The molecule has 4 aliphatic carbocycles. The maximum Gasteiger partial charge on any atom is 0.171 e. The minimum absolute atomic E-state index is 0.0346. The predicted octanol–water partition coefficient (Wildman–Crippen LogP) is 5.63. The van der Waals surface area contributed by atoms with Gasteiger partial charge in [0.1, 0.15) is 5.78 Å². The van der Waals surface area contributed by atoms with Crippen LogP contribution in [0.2, 0.25) is 13.1 Å². The molecule has 0 saturated heterocycles. The molecule has 0 aromatic rings. The van der Waals surface area contributed by atoms with Crippen LogP contribution in [-0.2, 0) is 14.0 Å². The van der Waals surface area contributed by atoms with Crippen molar-refractivity contribution in [1.82, 2.24) is 0 Å². The summed E-state index contributed by atoms with van der Waals surface area (Å²) < 4.78 is 6.61. The number of hydrogen-bond donors (Lipinski definition) is 0. The van der Waals surface area contributed by atoms with E-state index in [1.54, 1.807) is 0 Å². The van der Waals surface area contributed by atoms with Crippen LogP contribution in [0, 0.1) is 28.6 Å². The lowest BCUT2D eigenvalue weighted by molar-refractivity contribution is -0.151. The zero-order valence-corrected chi connectivity index (χ0v) is 20.1. The number of ketones is 2. The minimum atomic E-state index is -1.27. The van der Waals surface area contributed by atoms with Crippen molar-refractivity contribution >= 4 is 20.6 Å². The Kier molecular flexibility index (Phi) is 5.98. The van der Waals surface area contributed by atoms with Crippen molar-refractivity contribution in [2.45, 2.75) is 104 Å². The molecule has 0 heterocycles. The normalized spacial score (nSPS) is 40.3. The maximum atomic E-state index is 13.5. The average Bonchev–Trinajstić information content (AvgIpc) is 3.03. The van der Waals surface area contributed by atoms with Crippen molar-refractivity contribution in [3.05, 3.63) is 11.6 Å². The van der Waals surface area contributed by atoms with Gasteiger partial charge in [-0.1, -0.05) is 38.7 Å². The van der Waals surface area contributed by atoms with E-state index in [1.165, 1.54) is 24.8 Å². The van der Waals surface area contributed by atoms with Gasteiger partial charge in [0.05, 0.1) is 11.5 Å². The fourth-order valence-electron chi connectivity index (χ4n) is 7.70. The van der Waals surface area contributed by atoms with E-state index in [0.29, 0.717) is 23.9 Å². The first-order valence-corrected chi connectivity index (χ1v) is 15.1. The molecule has 4 rings (SSSR count). The van der Waals surface area contributed by atoms with Crippen LogP contribution in [0.3, 0.4) is 0 Å². The van der Waals surface area contributed by atoms with Gasteiger partial charge in [-0.3, -0.25) is 9.59 Å². The molecule has 0 aromatic heterocycles. The average molecular weight is 417 g/mol. The van der Waals surface area contributed by atoms with Crippen LogP contribution >= 0.6 is 0 Å². The Morgan fingerprint density at radius 3 is 2.66 bits per heavy atom. The lowest BCUT2D eigenvalue weighted by Gasteiger charge is -2.57. The number of unbranched alkanes of at least 4 members (excludes halogenated alkanes) is 1. The topological polar surface area (TPSA) is 43.4 Å². The maximum absolute atomic E-state index is 13.5. The number of hydrogen-bond acceptors (Lipinski definition) is 3. The van der Waals surface area contributed by atoms with E-state index in [4.69, 9.17) is 4.43 Å². The quantitative estimate of drug-likeness (QED) is 0.527. The third kappa shape index (κ3) is 3.33. The molecule has 3 fully saturated rings. The standard InChI is InChI=1S/C25H40O3Si/c1-5-6-10-22(28-29(3)4)25-15-13-18-23(19(25)11-12-21(25)27)20(26)16-17-9-7-8-14-24(17,18)2/h16,18-19,22-23,29H,5-15H2,1-4H3/t18-,19-,22?,23+,24-,25+/m0/s1. The molecule has 3 saturated carbocycles. The van der Waals surface area contributed by atoms with Crippen molar-refractivity contribution in [2.24, 2.45) is 28.6 Å². The molecule has 0 aromatic carbocycles. The van der Waals surface area contributed by atoms with Gasteiger partial charge >= 0.3 is 0 Å². The van der Waals surface area contributed by atoms with Gasteiger partial charge in [-0.25, -0.2) is 0 Å². The Morgan fingerprint density at radius 1 is 1.14 bits per heavy atom. The van der Waals surface area contributed by atoms with Crippen LogP contribution in [0.15, 0.2) is 11.6 Å². The van der Waals surface area contributed by atoms with E-state index in [1.807, 2.05) is 6.08 Å². The second-order valence-corrected chi connectivity index (χ2v) is 13.2. The zero-order chi connectivity index (χ0) is 20.8. The summed E-state index contributed by atoms with van der Waals surface area (Å²) in [5, 5.41) is 0. The summed E-state index contributed by atoms with van der Waals surface area (Å²) in [6.45, 7) is 9.09. The van der Waals surface area contributed by atoms with Gasteiger partial charge in [-0.15, -0.1) is 0 Å². The molecule has 4 heteroatoms. The summed E-state index contributed by atoms with van der Waals surface area (Å²) >= 11 is 0. The fraction of sp³-hybridized carbons (Fsp3) is 0.840. The molecule has 4 aliphatic rings. The molecular weight excluding hydrogens is 376 g/mol. The molecule has 3 nitrogen and oxygen atoms in total. The summed E-state index contributed by atoms with van der Waals surface area (Å²) in [5.41, 5.74) is 1.21. The van der Waals surface area contributed by atoms with Gasteiger partial charge in [0.2, 0.25) is 0 Å². The zero-order valence-electron chi connectivity index (χ0n) is 19.0. The number of carbonyl (C=O) groups excluding carboxylic acids is 2. The van der Waals surface area contributed by atoms with Crippen molar-refractivity contribution in [2.75, 3.05) is 0 Å². The third-order valence-corrected chi connectivity index (χ3v) is 9.89. The second-order valence-electron chi connectivity index (χ2n) is 10.8. The molecule has 0 spiro atoms. The van der Waals surface area contributed by atoms with Crippen molar-refractivity contribution in [1.29, 1.82) is 0 Å². The minimum Gasteiger partial charge on any atom is -0.417 e. The third-order valence-electron chi connectivity index (χ3n) is 9.02. The van der Waals surface area contributed by atoms with Crippen LogP contribution < -0.4 is 0 Å². The van der Waals surface area contributed by atoms with Crippen LogP contribution in [0.4, 0.5) is 0 Å². The molecular formula is C25H40O3Si. The number of Topliss-reactive ketones (excluding diaryl/α,β-unsaturated/α-hetero) is 1. The smallest absolute Gasteiger partial charge is 0.171 e. The predicted molar refractivity (Wildman–Crippen MR) is 119 cm³/mol. The monoisotopic (exact) mass is 416 g/mol. The highest BCUT2D eigenvalue weighted by Crippen LogP contribution is 2.64. The van der Waals surface area contributed by atoms with Gasteiger partial charge in [0.25, 0.3) is 0 Å². The van der Waals surface area contributed by atoms with E-state index in [2.05, 4.69) is 26.9 Å². The van der Waals surface area contributed by atoms with E-state index in [-0.39, 0.29) is 28.8 Å². The Balaban J connectivity index is 1.73. The van der Waals surface area contributed by atoms with Crippen molar-refractivity contribution in [3.8, 4) is 0 Å². The summed E-state index contributed by atoms with van der Waals surface area (Å²) in [7, 11) is -1.27. The molecule has 1 unspecified atom stereocenters. The Morgan fingerprint density at radius 2 is 1.93 bits per heavy atom. The summed E-state index contributed by atoms with van der Waals surface area (Å²) in [4.78, 5) is 26.9. The van der Waals surface area contributed by atoms with Gasteiger partial charge in [-0.05, 0) is 81.4 Å². The Bertz CT molecular complexity index is 698. The van der Waals surface area contributed by atoms with E-state index in [0.717, 1.165) is 44.9 Å². The highest BCUT2D eigenvalue weighted by Gasteiger charge is 2.64. The van der Waals surface area contributed by atoms with Gasteiger partial charge < -0.3 is 4.43 Å². The van der Waals surface area contributed by atoms with Gasteiger partial charge in [0.15, 0.2) is 14.8 Å². The Labute approximate surface area is 178 Å². The summed E-state index contributed by atoms with van der Waals surface area (Å²) in [6.07, 6.45) is 13.6. The summed E-state index contributed by atoms with van der Waals surface area (Å²) in [5.74, 6) is 1.43. The van der Waals surface area contributed by atoms with E-state index < -0.39 is 9.04 Å². The number of allylic oxidation sites excluding steroid dienone is 2. The number of rotatable bonds is 6. The van der Waals surface area contributed by atoms with Crippen molar-refractivity contribution in [3.63, 3.8) is 0 Å². The summed E-state index contributed by atoms with van der Waals surface area (Å²) in [6, 6.07) is 0. The molecule has 6 atom stereocenters. The molecule has 29 heavy (non-hydrogen) atoms. The van der Waals surface area contributed by atoms with Gasteiger partial charge in [-0.2, -0.15) is 0 Å². The second kappa shape index (κ2) is 8.07. The first kappa shape index (κ1) is 21.5. The van der Waals surface area contributed by atoms with Crippen molar-refractivity contribution < 1.29 is 14.0 Å². The van der Waals surface area contributed by atoms with Crippen LogP contribution in [0.1, 0.15) is 84.5 Å². The van der Waals surface area contributed by atoms with E-state index >= 15 is 0 Å². The van der Waals surface area contributed by atoms with Crippen LogP contribution in [0.5, 0.6) is 0 Å². The number of carbonyl (C=O) groups is 2. The SMILES string of the molecule is CCCCC(O[SiH](C)C)[C@]12CC[C@H]3[C@@H](C(=O)C=C4CCCC[C@@]43C)[C@@H]1CCC2=O. The van der Waals surface area contributed by atoms with Gasteiger partial charge in [0, 0.05) is 12.3 Å². The van der Waals surface area contributed by atoms with Crippen LogP contribution in [-0.4, -0.2) is 26.7 Å². The highest BCUT2D eigenvalue weighted by molar-refractivity contribution is 6.48. The van der Waals surface area contributed by atoms with E-state index in [9.17, 15) is 9.59 Å². The molecule has 0 aliphatic heterocycles. The molecule has 162 valence electrons. The molecule has 0 radical (unpaired) electrons. The molecule has 0 amide bonds. The molecule has 0 bridgehead atoms. The molecule has 0 N–H and O–H groups in total. The first-order valence-electron chi connectivity index (χ1n) is 12.3. The first-order chi connectivity index (χ1) is 13.8. The largest absolute Gasteiger partial charge is 0.417 e. The number of fused-ring (bicyclic) bond motifs is 5. The highest BCUT2D eigenvalue weighted by atomic mass is 28.3. The fourth-order valence-corrected chi connectivity index (χ4v) is 8.74. The van der Waals surface area contributed by atoms with Crippen LogP contribution in [0.25, 0.3) is 0 Å². The lowest BCUT2D eigenvalue weighted by atomic mass is 9.46. The lowest BCUT2D eigenvalue weighted by Crippen LogP contribution is -2.58. The Hall–Kier alpha value is -0.743.